The predicted octanol–water partition coefficient (Wildman–Crippen LogP) is 0.657. The maximum atomic E-state index is 13.4. The first-order valence-corrected chi connectivity index (χ1v) is 21.4. The summed E-state index contributed by atoms with van der Waals surface area (Å²) in [5, 5.41) is 8.93. The number of Topliss-reactive ketones (excluding diaryl/α,β-unsaturated/α-hetero) is 2. The van der Waals surface area contributed by atoms with E-state index in [1.54, 1.807) is 0 Å². The molecule has 0 saturated carbocycles. The van der Waals surface area contributed by atoms with Gasteiger partial charge in [-0.1, -0.05) is 113 Å². The van der Waals surface area contributed by atoms with Crippen molar-refractivity contribution in [3.63, 3.8) is 0 Å². The van der Waals surface area contributed by atoms with Gasteiger partial charge in [0.25, 0.3) is 0 Å². The van der Waals surface area contributed by atoms with E-state index in [2.05, 4.69) is 35.9 Å². The molecule has 0 spiro atoms. The van der Waals surface area contributed by atoms with Gasteiger partial charge in [-0.25, -0.2) is 0 Å². The molecule has 8 N–H and O–H groups in total. The average Bonchev–Trinajstić information content (AvgIpc) is 3.20. The molecule has 2 unspecified atom stereocenters. The summed E-state index contributed by atoms with van der Waals surface area (Å²) in [7, 11) is 0. The topological polar surface area (TPSA) is 226 Å². The van der Waals surface area contributed by atoms with Gasteiger partial charge in [0.2, 0.25) is 11.8 Å². The van der Waals surface area contributed by atoms with Crippen molar-refractivity contribution in [3.05, 3.63) is 108 Å². The van der Waals surface area contributed by atoms with Crippen LogP contribution in [0.1, 0.15) is 65.5 Å². The van der Waals surface area contributed by atoms with Crippen molar-refractivity contribution in [2.45, 2.75) is 90.4 Å². The van der Waals surface area contributed by atoms with Crippen molar-refractivity contribution >= 4 is 82.0 Å². The molecule has 12 nitrogen and oxygen atoms in total. The molecule has 4 amide bonds. The van der Waals surface area contributed by atoms with Gasteiger partial charge in [0.05, 0.1) is 23.9 Å². The molecule has 0 aliphatic rings. The van der Waals surface area contributed by atoms with Crippen molar-refractivity contribution in [2.24, 2.45) is 35.1 Å². The van der Waals surface area contributed by atoms with Crippen molar-refractivity contribution in [2.75, 3.05) is 11.5 Å². The minimum Gasteiger partial charge on any atom is -0.666 e. The van der Waals surface area contributed by atoms with Crippen LogP contribution in [-0.2, 0) is 41.6 Å². The molecule has 0 radical (unpaired) electrons. The van der Waals surface area contributed by atoms with Crippen molar-refractivity contribution in [1.82, 2.24) is 10.6 Å². The summed E-state index contributed by atoms with van der Waals surface area (Å²) < 4.78 is 0. The van der Waals surface area contributed by atoms with Gasteiger partial charge in [-0.05, 0) is 71.2 Å². The average molecular weight is 935 g/mol. The number of carbonyl (C=O) groups is 6. The number of amides is 4. The quantitative estimate of drug-likeness (QED) is 0.0419. The molecule has 4 rings (SSSR count). The normalized spacial score (nSPS) is 14.9. The summed E-state index contributed by atoms with van der Waals surface area (Å²) in [4.78, 5) is 75.7. The number of benzene rings is 4. The van der Waals surface area contributed by atoms with Crippen molar-refractivity contribution in [3.8, 4) is 0 Å². The van der Waals surface area contributed by atoms with Crippen LogP contribution in [0.4, 0.5) is 0 Å². The minimum atomic E-state index is -1.87. The molecule has 6 atom stereocenters. The number of hydrogen-bond acceptors (Lipinski definition) is 10. The number of thiol groups is 2. The summed E-state index contributed by atoms with van der Waals surface area (Å²) in [6.07, 6.45) is 1.09. The first-order chi connectivity index (χ1) is 28.2. The number of carbonyl (C=O) groups excluding carboxylic acids is 6. The summed E-state index contributed by atoms with van der Waals surface area (Å²) in [6, 6.07) is 24.8. The van der Waals surface area contributed by atoms with Gasteiger partial charge in [0.15, 0.2) is 22.6 Å². The van der Waals surface area contributed by atoms with Crippen LogP contribution in [0.25, 0.3) is 33.0 Å². The van der Waals surface area contributed by atoms with Crippen molar-refractivity contribution in [1.29, 1.82) is 0 Å². The number of ketones is 2. The standard InChI is InChI=1S/2C23H31N3O3S.2K/c2*1-14(2)10-19(13-30)20(27)23(25,22(29)26-15(3)21(24)28)12-16-8-9-17-6-4-5-7-18(17)11-16;;/h2*4-9,11,14-15,19H,10,12-13,25H2,1-3H3,(H4,24,26,28,29,30);;/q;;2*+1/p-2/t2*15-,19?,23+;;/m00../s1. The molecule has 0 aliphatic heterocycles. The van der Waals surface area contributed by atoms with Gasteiger partial charge >= 0.3 is 103 Å². The SMILES string of the molecule is CC(C)CC(CS)C(=O)[C@](N)(Cc1ccc2ccccc2c1)C(=O)N[C@@H](C)C([NH-])=O.CC(C)CC(CS)C(=O)[C@](N)(Cc1ccc2ccccc2c1)C(=O)N[C@@H](C)C([NH-])=O.[K+].[K+]. The van der Waals surface area contributed by atoms with Crippen LogP contribution in [0.3, 0.4) is 0 Å². The van der Waals surface area contributed by atoms with E-state index in [1.807, 2.05) is 113 Å². The van der Waals surface area contributed by atoms with Crippen LogP contribution >= 0.6 is 25.3 Å². The van der Waals surface area contributed by atoms with Crippen LogP contribution in [-0.4, -0.2) is 69.9 Å². The Kier molecular flexibility index (Phi) is 25.7. The second-order valence-electron chi connectivity index (χ2n) is 16.5. The van der Waals surface area contributed by atoms with E-state index < -0.39 is 70.2 Å². The van der Waals surface area contributed by atoms with Gasteiger partial charge in [-0.2, -0.15) is 25.3 Å². The van der Waals surface area contributed by atoms with E-state index in [0.717, 1.165) is 32.7 Å². The fourth-order valence-corrected chi connectivity index (χ4v) is 7.71. The van der Waals surface area contributed by atoms with Gasteiger partial charge in [0, 0.05) is 36.2 Å². The fraction of sp³-hybridized carbons (Fsp3) is 0.435. The minimum absolute atomic E-state index is 0. The zero-order valence-electron chi connectivity index (χ0n) is 37.3. The van der Waals surface area contributed by atoms with Gasteiger partial charge in [-0.15, -0.1) is 0 Å². The summed E-state index contributed by atoms with van der Waals surface area (Å²) in [6.45, 7) is 10.8. The Morgan fingerprint density at radius 1 is 0.548 bits per heavy atom. The van der Waals surface area contributed by atoms with E-state index in [9.17, 15) is 28.8 Å². The van der Waals surface area contributed by atoms with Crippen LogP contribution in [0.5, 0.6) is 0 Å². The van der Waals surface area contributed by atoms with Gasteiger partial charge in [0.1, 0.15) is 0 Å². The van der Waals surface area contributed by atoms with E-state index in [0.29, 0.717) is 12.8 Å². The first-order valence-electron chi connectivity index (χ1n) is 20.1. The Morgan fingerprint density at radius 3 is 1.13 bits per heavy atom. The predicted molar refractivity (Wildman–Crippen MR) is 247 cm³/mol. The first kappa shape index (κ1) is 58.5. The Labute approximate surface area is 462 Å². The third-order valence-corrected chi connectivity index (χ3v) is 11.3. The molecule has 0 heterocycles. The molecule has 0 saturated heterocycles. The smallest absolute Gasteiger partial charge is 0.666 e. The molecule has 62 heavy (non-hydrogen) atoms. The third kappa shape index (κ3) is 16.4. The summed E-state index contributed by atoms with van der Waals surface area (Å²) in [5.41, 5.74) is 25.2. The maximum Gasteiger partial charge on any atom is 1.00 e. The molecular weight excluding hydrogens is 875 g/mol. The van der Waals surface area contributed by atoms with E-state index in [1.165, 1.54) is 13.8 Å². The molecule has 4 aromatic rings. The van der Waals surface area contributed by atoms with Gasteiger partial charge in [-0.3, -0.25) is 19.2 Å². The van der Waals surface area contributed by atoms with Crippen LogP contribution in [0.15, 0.2) is 84.9 Å². The number of nitrogens with one attached hydrogen (secondary N) is 4. The molecule has 0 fully saturated rings. The number of rotatable bonds is 20. The second-order valence-corrected chi connectivity index (χ2v) is 17.3. The molecule has 324 valence electrons. The van der Waals surface area contributed by atoms with Crippen LogP contribution in [0, 0.1) is 23.7 Å². The summed E-state index contributed by atoms with van der Waals surface area (Å²) >= 11 is 8.63. The second kappa shape index (κ2) is 27.2. The van der Waals surface area contributed by atoms with Gasteiger partial charge < -0.3 is 43.2 Å². The maximum absolute atomic E-state index is 13.4. The van der Waals surface area contributed by atoms with Crippen LogP contribution in [0.2, 0.25) is 0 Å². The fourth-order valence-electron chi connectivity index (χ4n) is 7.08. The Morgan fingerprint density at radius 2 is 0.855 bits per heavy atom. The molecule has 0 bridgehead atoms. The Bertz CT molecular complexity index is 2030. The van der Waals surface area contributed by atoms with Crippen molar-refractivity contribution < 1.29 is 132 Å². The zero-order valence-corrected chi connectivity index (χ0v) is 45.3. The molecular formula is C46H60K2N6O6S2. The Balaban J connectivity index is 0.000000601. The summed E-state index contributed by atoms with van der Waals surface area (Å²) in [5.74, 6) is -4.18. The molecule has 0 aromatic heterocycles. The zero-order chi connectivity index (χ0) is 44.9. The van der Waals surface area contributed by atoms with Crippen LogP contribution < -0.4 is 125 Å². The van der Waals surface area contributed by atoms with E-state index in [-0.39, 0.29) is 139 Å². The molecule has 0 aliphatic carbocycles. The van der Waals surface area contributed by atoms with E-state index in [4.69, 9.17) is 22.9 Å². The number of nitrogens with two attached hydrogens (primary N) is 2. The molecule has 16 heteroatoms. The Hall–Kier alpha value is -1.49. The monoisotopic (exact) mass is 934 g/mol. The number of fused-ring (bicyclic) bond motifs is 2. The molecule has 4 aromatic carbocycles. The third-order valence-electron chi connectivity index (χ3n) is 10.5. The van der Waals surface area contributed by atoms with E-state index >= 15 is 0 Å². The largest absolute Gasteiger partial charge is 1.00 e. The number of hydrogen-bond donors (Lipinski definition) is 6.